The number of sulfonamides is 1. The molecule has 0 saturated carbocycles. The Morgan fingerprint density at radius 3 is 2.19 bits per heavy atom. The highest BCUT2D eigenvalue weighted by Gasteiger charge is 2.38. The molecule has 0 spiro atoms. The molecule has 1 saturated heterocycles. The number of hydrogen-bond acceptors (Lipinski definition) is 8. The van der Waals surface area contributed by atoms with Crippen LogP contribution in [0.15, 0.2) is 162 Å². The second kappa shape index (κ2) is 19.1. The van der Waals surface area contributed by atoms with Crippen LogP contribution in [-0.4, -0.2) is 42.3 Å². The quantitative estimate of drug-likeness (QED) is 0.0884. The van der Waals surface area contributed by atoms with E-state index in [2.05, 4.69) is 21.9 Å². The van der Waals surface area contributed by atoms with E-state index in [1.165, 1.54) is 0 Å². The smallest absolute Gasteiger partial charge is 0.241 e. The largest absolute Gasteiger partial charge is 0.392 e. The van der Waals surface area contributed by atoms with Crippen molar-refractivity contribution in [2.24, 2.45) is 5.92 Å². The highest BCUT2D eigenvalue weighted by atomic mass is 32.2. The van der Waals surface area contributed by atoms with Crippen LogP contribution >= 0.6 is 11.8 Å². The van der Waals surface area contributed by atoms with Crippen LogP contribution in [0.5, 0.6) is 0 Å². The Hall–Kier alpha value is -5.14. The Morgan fingerprint density at radius 1 is 0.793 bits per heavy atom. The van der Waals surface area contributed by atoms with Gasteiger partial charge in [0.15, 0.2) is 6.29 Å². The maximum absolute atomic E-state index is 13.8. The van der Waals surface area contributed by atoms with E-state index in [1.807, 2.05) is 128 Å². The van der Waals surface area contributed by atoms with Crippen LogP contribution in [0.1, 0.15) is 52.7 Å². The first-order valence-electron chi connectivity index (χ1n) is 19.3. The summed E-state index contributed by atoms with van der Waals surface area (Å²) in [6.07, 6.45) is 0.977. The number of aromatic nitrogens is 1. The zero-order chi connectivity index (χ0) is 40.5. The van der Waals surface area contributed by atoms with Crippen molar-refractivity contribution in [1.29, 1.82) is 0 Å². The fourth-order valence-electron chi connectivity index (χ4n) is 7.00. The maximum atomic E-state index is 13.8. The summed E-state index contributed by atoms with van der Waals surface area (Å²) >= 11 is 1.65. The van der Waals surface area contributed by atoms with Crippen molar-refractivity contribution in [1.82, 2.24) is 15.0 Å². The number of aliphatic hydroxyl groups is 1. The lowest BCUT2D eigenvalue weighted by Crippen LogP contribution is -2.47. The Bertz CT molecular complexity index is 2360. The van der Waals surface area contributed by atoms with Crippen LogP contribution in [0.2, 0.25) is 0 Å². The van der Waals surface area contributed by atoms with E-state index in [-0.39, 0.29) is 42.6 Å². The third-order valence-electron chi connectivity index (χ3n) is 10.3. The minimum atomic E-state index is -3.98. The van der Waals surface area contributed by atoms with Crippen molar-refractivity contribution in [2.45, 2.75) is 67.9 Å². The van der Waals surface area contributed by atoms with Crippen molar-refractivity contribution in [2.75, 3.05) is 5.75 Å². The minimum absolute atomic E-state index is 0.0247. The normalized spacial score (nSPS) is 18.7. The molecule has 11 heteroatoms. The monoisotopic (exact) mass is 813 g/mol. The average Bonchev–Trinajstić information content (AvgIpc) is 3.26. The third kappa shape index (κ3) is 10.3. The lowest BCUT2D eigenvalue weighted by atomic mass is 9.91. The molecule has 58 heavy (non-hydrogen) atoms. The van der Waals surface area contributed by atoms with Gasteiger partial charge < -0.3 is 19.9 Å². The number of benzene rings is 5. The summed E-state index contributed by atoms with van der Waals surface area (Å²) in [6.45, 7) is 4.20. The molecule has 7 rings (SSSR count). The number of aliphatic hydroxyl groups excluding tert-OH is 1. The summed E-state index contributed by atoms with van der Waals surface area (Å²) in [5.41, 5.74) is 7.25. The zero-order valence-electron chi connectivity index (χ0n) is 32.4. The first-order valence-corrected chi connectivity index (χ1v) is 21.8. The Labute approximate surface area is 344 Å². The van der Waals surface area contributed by atoms with E-state index in [0.717, 1.165) is 49.5 Å². The van der Waals surface area contributed by atoms with Gasteiger partial charge in [0.05, 0.1) is 28.7 Å². The molecule has 298 valence electrons. The van der Waals surface area contributed by atoms with Crippen molar-refractivity contribution in [3.8, 4) is 11.1 Å². The number of aryl methyl sites for hydroxylation is 1. The lowest BCUT2D eigenvalue weighted by molar-refractivity contribution is -0.268. The van der Waals surface area contributed by atoms with Crippen LogP contribution in [0.3, 0.4) is 0 Å². The van der Waals surface area contributed by atoms with E-state index >= 15 is 0 Å². The highest BCUT2D eigenvalue weighted by molar-refractivity contribution is 7.99. The molecule has 0 radical (unpaired) electrons. The summed E-state index contributed by atoms with van der Waals surface area (Å²) < 4.78 is 42.9. The first-order chi connectivity index (χ1) is 28.2. The van der Waals surface area contributed by atoms with Crippen molar-refractivity contribution in [3.05, 3.63) is 185 Å². The van der Waals surface area contributed by atoms with E-state index in [9.17, 15) is 18.3 Å². The molecular formula is C47H47N3O6S2. The number of carbonyl (C=O) groups excluding carboxylic acids is 1. The molecule has 0 aliphatic carbocycles. The molecule has 1 amide bonds. The molecule has 5 atom stereocenters. The molecule has 0 bridgehead atoms. The van der Waals surface area contributed by atoms with Gasteiger partial charge in [0, 0.05) is 30.0 Å². The van der Waals surface area contributed by atoms with E-state index in [0.29, 0.717) is 5.75 Å². The maximum Gasteiger partial charge on any atom is 0.241 e. The van der Waals surface area contributed by atoms with Gasteiger partial charge in [0.25, 0.3) is 0 Å². The highest BCUT2D eigenvalue weighted by Crippen LogP contribution is 2.43. The molecule has 1 aliphatic rings. The average molecular weight is 814 g/mol. The third-order valence-corrected chi connectivity index (χ3v) is 12.9. The number of thioether (sulfide) groups is 1. The van der Waals surface area contributed by atoms with Gasteiger partial charge in [-0.05, 0) is 71.0 Å². The number of nitrogens with zero attached hydrogens (tertiary/aromatic N) is 1. The van der Waals surface area contributed by atoms with Gasteiger partial charge in [0.1, 0.15) is 6.04 Å². The molecule has 1 aliphatic heterocycles. The molecule has 3 N–H and O–H groups in total. The van der Waals surface area contributed by atoms with Crippen LogP contribution in [-0.2, 0) is 43.9 Å². The van der Waals surface area contributed by atoms with Crippen LogP contribution in [0.4, 0.5) is 0 Å². The van der Waals surface area contributed by atoms with E-state index in [4.69, 9.17) is 9.47 Å². The van der Waals surface area contributed by atoms with Gasteiger partial charge in [-0.1, -0.05) is 134 Å². The zero-order valence-corrected chi connectivity index (χ0v) is 34.0. The number of rotatable bonds is 15. The van der Waals surface area contributed by atoms with Gasteiger partial charge in [-0.3, -0.25) is 4.79 Å². The summed E-state index contributed by atoms with van der Waals surface area (Å²) in [5, 5.41) is 13.6. The Morgan fingerprint density at radius 2 is 1.48 bits per heavy atom. The number of carbonyl (C=O) groups is 1. The SMILES string of the molecule is Cc1ccc(S(=O)(=O)N[C@H](Cc2ccccc2)C(=O)NCc2ccccc2-c2ccc([C@H]3O[C@@H](CSc4ccccn4)[C@@H](C)[C@@H](c4ccc(CO)cc4)O3)cc2)cc1. The summed E-state index contributed by atoms with van der Waals surface area (Å²) in [5.74, 6) is 0.306. The number of ether oxygens (including phenoxy) is 2. The van der Waals surface area contributed by atoms with Crippen LogP contribution in [0.25, 0.3) is 11.1 Å². The molecule has 9 nitrogen and oxygen atoms in total. The fourth-order valence-corrected chi connectivity index (χ4v) is 9.22. The van der Waals surface area contributed by atoms with Gasteiger partial charge in [-0.2, -0.15) is 4.72 Å². The number of amides is 1. The molecule has 5 aromatic carbocycles. The van der Waals surface area contributed by atoms with Crippen molar-refractivity contribution in [3.63, 3.8) is 0 Å². The number of hydrogen-bond donors (Lipinski definition) is 3. The molecule has 1 aromatic heterocycles. The molecule has 0 unspecified atom stereocenters. The Kier molecular flexibility index (Phi) is 13.5. The standard InChI is InChI=1S/C47H47N3O6S2/c1-32-15-25-40(26-16-32)58(53,54)50-42(28-34-10-4-3-5-11-34)46(52)49-29-39-12-6-7-13-41(39)36-21-23-38(24-22-36)47-55-43(31-57-44-14-8-9-27-48-44)33(2)45(56-47)37-19-17-35(30-51)18-20-37/h3-27,33,42-43,45,47,50-51H,28-31H2,1-2H3,(H,49,52)/t33-,42-,43+,45+,47+/m1/s1. The summed E-state index contributed by atoms with van der Waals surface area (Å²) in [4.78, 5) is 18.4. The fraction of sp³-hybridized carbons (Fsp3) is 0.234. The number of nitrogens with one attached hydrogen (secondary N) is 2. The van der Waals surface area contributed by atoms with Gasteiger partial charge in [-0.25, -0.2) is 13.4 Å². The van der Waals surface area contributed by atoms with E-state index in [1.54, 1.807) is 42.2 Å². The summed E-state index contributed by atoms with van der Waals surface area (Å²) in [7, 11) is -3.98. The second-order valence-corrected chi connectivity index (χ2v) is 17.2. The van der Waals surface area contributed by atoms with Crippen molar-refractivity contribution >= 4 is 27.7 Å². The van der Waals surface area contributed by atoms with Crippen LogP contribution < -0.4 is 10.0 Å². The molecule has 1 fully saturated rings. The van der Waals surface area contributed by atoms with E-state index < -0.39 is 28.3 Å². The van der Waals surface area contributed by atoms with Gasteiger partial charge >= 0.3 is 0 Å². The van der Waals surface area contributed by atoms with Gasteiger partial charge in [-0.15, -0.1) is 11.8 Å². The first kappa shape index (κ1) is 41.0. The predicted octanol–water partition coefficient (Wildman–Crippen LogP) is 8.34. The molecule has 6 aromatic rings. The lowest BCUT2D eigenvalue weighted by Gasteiger charge is -2.41. The minimum Gasteiger partial charge on any atom is -0.392 e. The second-order valence-electron chi connectivity index (χ2n) is 14.5. The summed E-state index contributed by atoms with van der Waals surface area (Å²) in [6, 6.07) is 44.5. The van der Waals surface area contributed by atoms with Crippen molar-refractivity contribution < 1.29 is 27.8 Å². The molecule has 2 heterocycles. The topological polar surface area (TPSA) is 127 Å². The Balaban J connectivity index is 1.08. The molecular weight excluding hydrogens is 767 g/mol. The predicted molar refractivity (Wildman–Crippen MR) is 227 cm³/mol. The number of pyridine rings is 1. The van der Waals surface area contributed by atoms with Gasteiger partial charge in [0.2, 0.25) is 15.9 Å². The van der Waals surface area contributed by atoms with Crippen LogP contribution in [0, 0.1) is 12.8 Å².